The SMILES string of the molecule is C/C=C\CCC[C@@H]1C[C@@H]([C@H](C)[C@@H](/C=C(\C)C[C@@H](CCC)OC(C)=O)OC(=O)[C@@H](C)[C@@H](OCc2ccc(OC)cc2)[C@H](C)CC[C@@H](C[C@H](C[C@H](CC/C(C)=C/C)OC(C)=O)OC(C)=O)OC(C)=O)OC(C)(C)O1. The van der Waals surface area contributed by atoms with Crippen LogP contribution in [0.4, 0.5) is 0 Å². The van der Waals surface area contributed by atoms with E-state index in [0.717, 1.165) is 42.4 Å². The molecule has 2 rings (SSSR count). The van der Waals surface area contributed by atoms with Gasteiger partial charge in [-0.25, -0.2) is 0 Å². The molecule has 1 aliphatic heterocycles. The first-order valence-electron chi connectivity index (χ1n) is 26.4. The fourth-order valence-corrected chi connectivity index (χ4v) is 9.42. The fraction of sp³-hybridized carbons (Fsp3) is 0.707. The Balaban J connectivity index is 2.55. The fourth-order valence-electron chi connectivity index (χ4n) is 9.42. The van der Waals surface area contributed by atoms with E-state index in [2.05, 4.69) is 12.2 Å². The summed E-state index contributed by atoms with van der Waals surface area (Å²) in [6.07, 6.45) is 12.0. The van der Waals surface area contributed by atoms with Gasteiger partial charge in [0.15, 0.2) is 5.79 Å². The van der Waals surface area contributed by atoms with Crippen molar-refractivity contribution in [2.75, 3.05) is 7.11 Å². The molecule has 1 heterocycles. The summed E-state index contributed by atoms with van der Waals surface area (Å²) in [6.45, 7) is 25.3. The van der Waals surface area contributed by atoms with Gasteiger partial charge < -0.3 is 42.6 Å². The van der Waals surface area contributed by atoms with Gasteiger partial charge in [0.25, 0.3) is 0 Å². The molecule has 0 amide bonds. The van der Waals surface area contributed by atoms with E-state index in [0.29, 0.717) is 50.7 Å². The Morgan fingerprint density at radius 3 is 1.88 bits per heavy atom. The van der Waals surface area contributed by atoms with Crippen LogP contribution in [0.5, 0.6) is 5.75 Å². The highest BCUT2D eigenvalue weighted by atomic mass is 16.7. The van der Waals surface area contributed by atoms with Gasteiger partial charge in [-0.1, -0.05) is 68.7 Å². The summed E-state index contributed by atoms with van der Waals surface area (Å²) < 4.78 is 54.7. The van der Waals surface area contributed by atoms with Crippen LogP contribution in [0.2, 0.25) is 0 Å². The molecular weight excluding hydrogens is 921 g/mol. The average Bonchev–Trinajstić information content (AvgIpc) is 3.29. The maximum absolute atomic E-state index is 14.8. The van der Waals surface area contributed by atoms with Crippen molar-refractivity contribution in [3.8, 4) is 5.75 Å². The van der Waals surface area contributed by atoms with Crippen molar-refractivity contribution in [2.45, 2.75) is 242 Å². The number of hydrogen-bond donors (Lipinski definition) is 0. The molecule has 1 saturated heterocycles. The lowest BCUT2D eigenvalue weighted by atomic mass is 9.87. The maximum Gasteiger partial charge on any atom is 0.311 e. The smallest absolute Gasteiger partial charge is 0.311 e. The van der Waals surface area contributed by atoms with Gasteiger partial charge in [0.2, 0.25) is 0 Å². The summed E-state index contributed by atoms with van der Waals surface area (Å²) >= 11 is 0. The average molecular weight is 1010 g/mol. The number of esters is 5. The number of allylic oxidation sites excluding steroid dienone is 4. The maximum atomic E-state index is 14.8. The van der Waals surface area contributed by atoms with Crippen LogP contribution in [-0.2, 0) is 68.5 Å². The van der Waals surface area contributed by atoms with E-state index in [4.69, 9.17) is 42.6 Å². The van der Waals surface area contributed by atoms with E-state index in [9.17, 15) is 24.0 Å². The van der Waals surface area contributed by atoms with Gasteiger partial charge in [-0.15, -0.1) is 0 Å². The third-order valence-electron chi connectivity index (χ3n) is 13.2. The molecule has 11 atom stereocenters. The summed E-state index contributed by atoms with van der Waals surface area (Å²) in [4.78, 5) is 64.0. The van der Waals surface area contributed by atoms with Crippen LogP contribution < -0.4 is 4.74 Å². The first-order valence-corrected chi connectivity index (χ1v) is 26.4. The van der Waals surface area contributed by atoms with Gasteiger partial charge in [-0.3, -0.25) is 24.0 Å². The van der Waals surface area contributed by atoms with Crippen molar-refractivity contribution in [2.24, 2.45) is 17.8 Å². The van der Waals surface area contributed by atoms with Crippen LogP contribution in [0, 0.1) is 17.8 Å². The van der Waals surface area contributed by atoms with Gasteiger partial charge in [0, 0.05) is 59.3 Å². The van der Waals surface area contributed by atoms with Crippen LogP contribution in [0.1, 0.15) is 186 Å². The monoisotopic (exact) mass is 1010 g/mol. The lowest BCUT2D eigenvalue weighted by molar-refractivity contribution is -0.311. The molecule has 14 heteroatoms. The van der Waals surface area contributed by atoms with E-state index in [1.54, 1.807) is 7.11 Å². The van der Waals surface area contributed by atoms with E-state index >= 15 is 0 Å². The Morgan fingerprint density at radius 1 is 0.736 bits per heavy atom. The number of rotatable bonds is 33. The van der Waals surface area contributed by atoms with E-state index < -0.39 is 66.1 Å². The van der Waals surface area contributed by atoms with Crippen LogP contribution >= 0.6 is 0 Å². The molecule has 1 aliphatic rings. The molecular formula is C58H92O14. The summed E-state index contributed by atoms with van der Waals surface area (Å²) in [5, 5.41) is 0. The van der Waals surface area contributed by atoms with Crippen LogP contribution in [0.25, 0.3) is 0 Å². The predicted octanol–water partition coefficient (Wildman–Crippen LogP) is 12.2. The molecule has 0 bridgehead atoms. The summed E-state index contributed by atoms with van der Waals surface area (Å²) in [6, 6.07) is 7.53. The highest BCUT2D eigenvalue weighted by Gasteiger charge is 2.42. The number of carbonyl (C=O) groups is 5. The lowest BCUT2D eigenvalue weighted by Crippen LogP contribution is -2.49. The molecule has 0 aromatic heterocycles. The largest absolute Gasteiger partial charge is 0.497 e. The number of benzene rings is 1. The third-order valence-corrected chi connectivity index (χ3v) is 13.2. The molecule has 1 aromatic rings. The molecule has 0 aliphatic carbocycles. The van der Waals surface area contributed by atoms with Crippen molar-refractivity contribution in [3.63, 3.8) is 0 Å². The Morgan fingerprint density at radius 2 is 1.32 bits per heavy atom. The van der Waals surface area contributed by atoms with E-state index in [1.807, 2.05) is 106 Å². The van der Waals surface area contributed by atoms with Gasteiger partial charge in [-0.2, -0.15) is 0 Å². The predicted molar refractivity (Wildman–Crippen MR) is 279 cm³/mol. The first-order chi connectivity index (χ1) is 34.0. The second kappa shape index (κ2) is 33.3. The van der Waals surface area contributed by atoms with Crippen molar-refractivity contribution >= 4 is 29.8 Å². The molecule has 14 nitrogen and oxygen atoms in total. The van der Waals surface area contributed by atoms with Crippen molar-refractivity contribution in [1.29, 1.82) is 0 Å². The first kappa shape index (κ1) is 63.6. The van der Waals surface area contributed by atoms with Crippen LogP contribution in [-0.4, -0.2) is 91.6 Å². The Hall–Kier alpha value is -4.53. The van der Waals surface area contributed by atoms with Gasteiger partial charge in [-0.05, 0) is 130 Å². The second-order valence-electron chi connectivity index (χ2n) is 20.3. The number of ether oxygens (including phenoxy) is 9. The van der Waals surface area contributed by atoms with Crippen molar-refractivity contribution < 1.29 is 66.6 Å². The molecule has 0 radical (unpaired) electrons. The zero-order valence-corrected chi connectivity index (χ0v) is 46.6. The molecule has 72 heavy (non-hydrogen) atoms. The van der Waals surface area contributed by atoms with Gasteiger partial charge in [0.05, 0.1) is 37.9 Å². The topological polar surface area (TPSA) is 168 Å². The van der Waals surface area contributed by atoms with Gasteiger partial charge in [0.1, 0.15) is 36.3 Å². The second-order valence-corrected chi connectivity index (χ2v) is 20.3. The number of unbranched alkanes of at least 4 members (excludes halogenated alkanes) is 1. The zero-order valence-electron chi connectivity index (χ0n) is 46.6. The summed E-state index contributed by atoms with van der Waals surface area (Å²) in [5.74, 6) is -3.75. The molecule has 0 saturated carbocycles. The van der Waals surface area contributed by atoms with Crippen molar-refractivity contribution in [3.05, 3.63) is 65.3 Å². The minimum atomic E-state index is -0.863. The zero-order chi connectivity index (χ0) is 54.0. The highest BCUT2D eigenvalue weighted by molar-refractivity contribution is 5.73. The molecule has 1 fully saturated rings. The molecule has 0 spiro atoms. The van der Waals surface area contributed by atoms with Crippen molar-refractivity contribution in [1.82, 2.24) is 0 Å². The summed E-state index contributed by atoms with van der Waals surface area (Å²) in [7, 11) is 1.60. The molecule has 0 N–H and O–H groups in total. The quantitative estimate of drug-likeness (QED) is 0.0282. The van der Waals surface area contributed by atoms with Gasteiger partial charge >= 0.3 is 29.8 Å². The molecule has 0 unspecified atom stereocenters. The Kier molecular flexibility index (Phi) is 29.4. The third kappa shape index (κ3) is 25.4. The van der Waals surface area contributed by atoms with E-state index in [-0.39, 0.29) is 55.6 Å². The van der Waals surface area contributed by atoms with E-state index in [1.165, 1.54) is 27.7 Å². The van der Waals surface area contributed by atoms with Crippen LogP contribution in [0.3, 0.4) is 0 Å². The number of hydrogen-bond acceptors (Lipinski definition) is 14. The number of carbonyl (C=O) groups excluding carboxylic acids is 5. The Labute approximate surface area is 432 Å². The lowest BCUT2D eigenvalue weighted by Gasteiger charge is -2.44. The number of methoxy groups -OCH3 is 1. The normalized spacial score (nSPS) is 19.9. The summed E-state index contributed by atoms with van der Waals surface area (Å²) in [5.41, 5.74) is 2.93. The Bertz CT molecular complexity index is 1880. The minimum absolute atomic E-state index is 0.0517. The molecule has 408 valence electrons. The molecule has 1 aromatic carbocycles. The minimum Gasteiger partial charge on any atom is -0.497 e. The standard InChI is InChI=1S/C58H92O14/c1-16-19-20-21-23-52-36-55(72-58(13,14)71-52)41(7)54(33-39(5)32-49(22-17-2)66-43(9)59)70-57(63)42(8)56(65-37-47-26-30-48(64-15)31-27-47)40(6)25-29-51(68-45(11)61)35-53(69-46(12)62)34-50(67-44(10)60)28-24-38(4)18-3/h16,18-19,26-27,30-31,33,40-42,49-56H,17,20-25,28-29,32,34-37H2,1-15H3/b19-16-,38-18+,39-33+/t40-,41-,42+,49-,50+,51+,52-,53+,54-,55+,56+/m1/s1. The van der Waals surface area contributed by atoms with Crippen LogP contribution in [0.15, 0.2) is 59.7 Å². The highest BCUT2D eigenvalue weighted by Crippen LogP contribution is 2.36.